The van der Waals surface area contributed by atoms with E-state index in [-0.39, 0.29) is 48.2 Å². The van der Waals surface area contributed by atoms with E-state index in [0.717, 1.165) is 22.7 Å². The van der Waals surface area contributed by atoms with Crippen molar-refractivity contribution >= 4 is 27.7 Å². The van der Waals surface area contributed by atoms with Gasteiger partial charge in [0.2, 0.25) is 11.8 Å². The Hall–Kier alpha value is -3.20. The van der Waals surface area contributed by atoms with Crippen LogP contribution in [-0.4, -0.2) is 54.5 Å². The molecule has 2 aromatic carbocycles. The molecule has 3 amide bonds. The average Bonchev–Trinajstić information content (AvgIpc) is 3.03. The Bertz CT molecular complexity index is 1130. The lowest BCUT2D eigenvalue weighted by Crippen LogP contribution is -2.47. The van der Waals surface area contributed by atoms with E-state index in [0.29, 0.717) is 6.54 Å². The topological polar surface area (TPSA) is 104 Å². The number of rotatable bonds is 11. The normalized spacial score (nSPS) is 15.0. The number of benzene rings is 2. The summed E-state index contributed by atoms with van der Waals surface area (Å²) in [5.41, 5.74) is 1.04. The van der Waals surface area contributed by atoms with Crippen LogP contribution in [0.1, 0.15) is 55.5 Å². The van der Waals surface area contributed by atoms with Crippen LogP contribution in [0.4, 0.5) is 0 Å². The molecule has 0 saturated heterocycles. The highest BCUT2D eigenvalue weighted by atomic mass is 32.2. The fourth-order valence-electron chi connectivity index (χ4n) is 3.87. The first-order valence-electron chi connectivity index (χ1n) is 11.5. The Kier molecular flexibility index (Phi) is 8.44. The molecular formula is C25H31N3O5S. The molecule has 8 nitrogen and oxygen atoms in total. The standard InChI is InChI=1S/C25H31N3O5S/c1-3-4-16-26-24(30)19(2)27(18-20-11-6-5-7-12-20)23(29)15-10-17-28-25(31)21-13-8-9-14-22(21)34(28,32)33/h5-9,11-14,19H,3-4,10,15-18H2,1-2H3,(H,26,30)/t19-/m0/s1. The van der Waals surface area contributed by atoms with Gasteiger partial charge in [0.25, 0.3) is 15.9 Å². The molecule has 1 aliphatic heterocycles. The lowest BCUT2D eigenvalue weighted by molar-refractivity contribution is -0.140. The monoisotopic (exact) mass is 485 g/mol. The maximum absolute atomic E-state index is 13.2. The number of nitrogens with one attached hydrogen (secondary N) is 1. The van der Waals surface area contributed by atoms with E-state index in [4.69, 9.17) is 0 Å². The van der Waals surface area contributed by atoms with Gasteiger partial charge in [0, 0.05) is 26.1 Å². The summed E-state index contributed by atoms with van der Waals surface area (Å²) >= 11 is 0. The van der Waals surface area contributed by atoms with Crippen LogP contribution in [0.5, 0.6) is 0 Å². The van der Waals surface area contributed by atoms with Crippen LogP contribution >= 0.6 is 0 Å². The molecule has 0 fully saturated rings. The number of amides is 3. The van der Waals surface area contributed by atoms with Crippen molar-refractivity contribution < 1.29 is 22.8 Å². The summed E-state index contributed by atoms with van der Waals surface area (Å²) in [5.74, 6) is -1.08. The maximum Gasteiger partial charge on any atom is 0.269 e. The van der Waals surface area contributed by atoms with E-state index in [9.17, 15) is 22.8 Å². The van der Waals surface area contributed by atoms with E-state index >= 15 is 0 Å². The molecular weight excluding hydrogens is 454 g/mol. The largest absolute Gasteiger partial charge is 0.354 e. The Morgan fingerprint density at radius 2 is 1.71 bits per heavy atom. The molecule has 182 valence electrons. The van der Waals surface area contributed by atoms with Crippen molar-refractivity contribution in [1.82, 2.24) is 14.5 Å². The van der Waals surface area contributed by atoms with Crippen LogP contribution in [0.3, 0.4) is 0 Å². The number of carbonyl (C=O) groups is 3. The molecule has 0 spiro atoms. The van der Waals surface area contributed by atoms with Crippen LogP contribution in [0.15, 0.2) is 59.5 Å². The molecule has 0 bridgehead atoms. The van der Waals surface area contributed by atoms with Crippen LogP contribution in [0.25, 0.3) is 0 Å². The molecule has 0 saturated carbocycles. The van der Waals surface area contributed by atoms with E-state index < -0.39 is 22.0 Å². The lowest BCUT2D eigenvalue weighted by Gasteiger charge is -2.29. The van der Waals surface area contributed by atoms with Gasteiger partial charge in [0.15, 0.2) is 0 Å². The zero-order valence-corrected chi connectivity index (χ0v) is 20.4. The number of sulfonamides is 1. The molecule has 0 unspecified atom stereocenters. The van der Waals surface area contributed by atoms with Gasteiger partial charge in [-0.05, 0) is 37.5 Å². The lowest BCUT2D eigenvalue weighted by atomic mass is 10.1. The van der Waals surface area contributed by atoms with E-state index in [1.165, 1.54) is 17.0 Å². The molecule has 34 heavy (non-hydrogen) atoms. The third kappa shape index (κ3) is 5.64. The molecule has 1 heterocycles. The maximum atomic E-state index is 13.2. The highest BCUT2D eigenvalue weighted by Gasteiger charge is 2.40. The molecule has 1 aliphatic rings. The number of fused-ring (bicyclic) bond motifs is 1. The van der Waals surface area contributed by atoms with Crippen molar-refractivity contribution in [3.8, 4) is 0 Å². The zero-order valence-electron chi connectivity index (χ0n) is 19.6. The number of nitrogens with zero attached hydrogens (tertiary/aromatic N) is 2. The Morgan fingerprint density at radius 1 is 1.03 bits per heavy atom. The first kappa shape index (κ1) is 25.4. The van der Waals surface area contributed by atoms with Gasteiger partial charge in [-0.2, -0.15) is 0 Å². The predicted molar refractivity (Wildman–Crippen MR) is 128 cm³/mol. The summed E-state index contributed by atoms with van der Waals surface area (Å²) in [6.07, 6.45) is 1.97. The highest BCUT2D eigenvalue weighted by molar-refractivity contribution is 7.90. The third-order valence-corrected chi connectivity index (χ3v) is 7.70. The zero-order chi connectivity index (χ0) is 24.7. The number of hydrogen-bond donors (Lipinski definition) is 1. The van der Waals surface area contributed by atoms with E-state index in [1.807, 2.05) is 37.3 Å². The summed E-state index contributed by atoms with van der Waals surface area (Å²) in [6, 6.07) is 14.8. The molecule has 1 N–H and O–H groups in total. The fourth-order valence-corrected chi connectivity index (χ4v) is 5.48. The van der Waals surface area contributed by atoms with Crippen molar-refractivity contribution in [3.05, 3.63) is 65.7 Å². The van der Waals surface area contributed by atoms with Gasteiger partial charge in [-0.15, -0.1) is 0 Å². The van der Waals surface area contributed by atoms with Crippen molar-refractivity contribution in [3.63, 3.8) is 0 Å². The van der Waals surface area contributed by atoms with Gasteiger partial charge in [-0.1, -0.05) is 55.8 Å². The van der Waals surface area contributed by atoms with E-state index in [1.54, 1.807) is 19.1 Å². The first-order valence-corrected chi connectivity index (χ1v) is 13.0. The minimum atomic E-state index is -3.91. The number of hydrogen-bond acceptors (Lipinski definition) is 5. The first-order chi connectivity index (χ1) is 16.3. The molecule has 2 aromatic rings. The molecule has 1 atom stereocenters. The van der Waals surface area contributed by atoms with Gasteiger partial charge in [0.1, 0.15) is 10.9 Å². The van der Waals surface area contributed by atoms with Crippen molar-refractivity contribution in [2.75, 3.05) is 13.1 Å². The third-order valence-electron chi connectivity index (χ3n) is 5.86. The average molecular weight is 486 g/mol. The number of unbranched alkanes of at least 4 members (excludes halogenated alkanes) is 1. The van der Waals surface area contributed by atoms with E-state index in [2.05, 4.69) is 5.32 Å². The summed E-state index contributed by atoms with van der Waals surface area (Å²) in [4.78, 5) is 39.9. The van der Waals surface area contributed by atoms with Crippen molar-refractivity contribution in [2.45, 2.75) is 57.0 Å². The second-order valence-corrected chi connectivity index (χ2v) is 10.1. The van der Waals surface area contributed by atoms with Gasteiger partial charge in [0.05, 0.1) is 5.56 Å². The highest BCUT2D eigenvalue weighted by Crippen LogP contribution is 2.30. The summed E-state index contributed by atoms with van der Waals surface area (Å²) in [5, 5.41) is 2.87. The van der Waals surface area contributed by atoms with Crippen LogP contribution in [0.2, 0.25) is 0 Å². The van der Waals surface area contributed by atoms with Gasteiger partial charge < -0.3 is 10.2 Å². The molecule has 3 rings (SSSR count). The van der Waals surface area contributed by atoms with Crippen LogP contribution in [-0.2, 0) is 26.2 Å². The Balaban J connectivity index is 1.67. The SMILES string of the molecule is CCCCNC(=O)[C@H](C)N(Cc1ccccc1)C(=O)CCCN1C(=O)c2ccccc2S1(=O)=O. The van der Waals surface area contributed by atoms with Crippen molar-refractivity contribution in [1.29, 1.82) is 0 Å². The smallest absolute Gasteiger partial charge is 0.269 e. The quantitative estimate of drug-likeness (QED) is 0.493. The molecule has 9 heteroatoms. The summed E-state index contributed by atoms with van der Waals surface area (Å²) in [7, 11) is -3.91. The Morgan fingerprint density at radius 3 is 2.38 bits per heavy atom. The fraction of sp³-hybridized carbons (Fsp3) is 0.400. The van der Waals surface area contributed by atoms with Gasteiger partial charge in [-0.3, -0.25) is 14.4 Å². The van der Waals surface area contributed by atoms with Crippen LogP contribution < -0.4 is 5.32 Å². The minimum absolute atomic E-state index is 0.00518. The molecule has 0 aromatic heterocycles. The summed E-state index contributed by atoms with van der Waals surface area (Å²) < 4.78 is 26.3. The second kappa shape index (κ2) is 11.3. The van der Waals surface area contributed by atoms with Gasteiger partial charge >= 0.3 is 0 Å². The predicted octanol–water partition coefficient (Wildman–Crippen LogP) is 2.94. The number of carbonyl (C=O) groups excluding carboxylic acids is 3. The van der Waals surface area contributed by atoms with Gasteiger partial charge in [-0.25, -0.2) is 12.7 Å². The second-order valence-electron chi connectivity index (χ2n) is 8.31. The van der Waals surface area contributed by atoms with Crippen LogP contribution in [0, 0.1) is 0 Å². The molecule has 0 radical (unpaired) electrons. The summed E-state index contributed by atoms with van der Waals surface area (Å²) in [6.45, 7) is 4.42. The minimum Gasteiger partial charge on any atom is -0.354 e. The van der Waals surface area contributed by atoms with Crippen molar-refractivity contribution in [2.24, 2.45) is 0 Å². The Labute approximate surface area is 201 Å². The molecule has 0 aliphatic carbocycles.